The second kappa shape index (κ2) is 9.60. The molecule has 170 valence electrons. The predicted molar refractivity (Wildman–Crippen MR) is 107 cm³/mol. The second-order valence-electron chi connectivity index (χ2n) is 7.14. The maximum Gasteiger partial charge on any atom is 0.372 e. The minimum absolute atomic E-state index is 0.0153. The predicted octanol–water partition coefficient (Wildman–Crippen LogP) is 3.27. The fraction of sp³-hybridized carbons (Fsp3) is 0.130. The normalized spacial score (nSPS) is 10.8. The summed E-state index contributed by atoms with van der Waals surface area (Å²) in [5, 5.41) is 8.72. The van der Waals surface area contributed by atoms with Gasteiger partial charge in [-0.2, -0.15) is 0 Å². The van der Waals surface area contributed by atoms with Crippen molar-refractivity contribution < 1.29 is 37.1 Å². The van der Waals surface area contributed by atoms with Gasteiger partial charge in [-0.3, -0.25) is 14.4 Å². The smallest absolute Gasteiger partial charge is 0.372 e. The lowest BCUT2D eigenvalue weighted by atomic mass is 10.0. The first-order valence-electron chi connectivity index (χ1n) is 9.46. The largest absolute Gasteiger partial charge is 0.475 e. The van der Waals surface area contributed by atoms with Gasteiger partial charge < -0.3 is 9.67 Å². The van der Waals surface area contributed by atoms with Crippen LogP contribution in [0.3, 0.4) is 0 Å². The van der Waals surface area contributed by atoms with Crippen LogP contribution in [0.1, 0.15) is 33.5 Å². The highest BCUT2D eigenvalue weighted by molar-refractivity contribution is 6.37. The van der Waals surface area contributed by atoms with Gasteiger partial charge in [0.1, 0.15) is 23.3 Å². The Hall–Kier alpha value is -4.08. The van der Waals surface area contributed by atoms with Crippen molar-refractivity contribution in [3.8, 4) is 0 Å². The van der Waals surface area contributed by atoms with E-state index in [1.54, 1.807) is 0 Å². The Morgan fingerprint density at radius 2 is 1.55 bits per heavy atom. The summed E-state index contributed by atoms with van der Waals surface area (Å²) in [6, 6.07) is 7.35. The zero-order chi connectivity index (χ0) is 24.3. The summed E-state index contributed by atoms with van der Waals surface area (Å²) in [5.41, 5.74) is -2.03. The number of carboxylic acids is 1. The Kier molecular flexibility index (Phi) is 6.86. The van der Waals surface area contributed by atoms with Crippen LogP contribution < -0.4 is 5.56 Å². The molecule has 0 aliphatic rings. The van der Waals surface area contributed by atoms with Crippen molar-refractivity contribution in [3.63, 3.8) is 0 Å². The molecule has 0 saturated carbocycles. The molecular formula is C23H15F4NO5. The van der Waals surface area contributed by atoms with Crippen LogP contribution >= 0.6 is 0 Å². The third kappa shape index (κ3) is 5.40. The molecule has 0 atom stereocenters. The molecule has 2 aromatic carbocycles. The van der Waals surface area contributed by atoms with Gasteiger partial charge in [0.05, 0.1) is 18.5 Å². The first kappa shape index (κ1) is 23.6. The molecule has 0 unspecified atom stereocenters. The van der Waals surface area contributed by atoms with Crippen LogP contribution in [0.2, 0.25) is 0 Å². The molecular weight excluding hydrogens is 446 g/mol. The molecule has 0 radical (unpaired) electrons. The van der Waals surface area contributed by atoms with E-state index in [1.165, 1.54) is 18.2 Å². The van der Waals surface area contributed by atoms with Crippen LogP contribution in [0.5, 0.6) is 0 Å². The van der Waals surface area contributed by atoms with Crippen molar-refractivity contribution in [1.82, 2.24) is 4.57 Å². The third-order valence-electron chi connectivity index (χ3n) is 4.79. The molecule has 0 saturated heterocycles. The number of pyridine rings is 1. The monoisotopic (exact) mass is 461 g/mol. The number of carbonyl (C=O) groups excluding carboxylic acids is 2. The lowest BCUT2D eigenvalue weighted by Gasteiger charge is -2.13. The number of hydrogen-bond donors (Lipinski definition) is 1. The summed E-state index contributed by atoms with van der Waals surface area (Å²) in [7, 11) is 0. The number of rotatable bonds is 8. The zero-order valence-electron chi connectivity index (χ0n) is 16.8. The van der Waals surface area contributed by atoms with Gasteiger partial charge in [-0.1, -0.05) is 18.2 Å². The number of aromatic nitrogens is 1. The molecule has 33 heavy (non-hydrogen) atoms. The van der Waals surface area contributed by atoms with Gasteiger partial charge in [0, 0.05) is 35.9 Å². The molecule has 1 N–H and O–H groups in total. The molecule has 1 heterocycles. The lowest BCUT2D eigenvalue weighted by molar-refractivity contribution is -0.148. The standard InChI is InChI=1S/C23H15F4NO5/c24-14-7-18(26)15(19(27)8-14)5-12-6-16(20(29)9-21(30)23(32)33)22(31)28(10-12)11-13-3-1-2-4-17(13)25/h1-4,6-8,10H,5,9,11H2,(H,32,33). The highest BCUT2D eigenvalue weighted by Gasteiger charge is 2.22. The highest BCUT2D eigenvalue weighted by atomic mass is 19.1. The van der Waals surface area contributed by atoms with E-state index in [1.807, 2.05) is 0 Å². The van der Waals surface area contributed by atoms with Gasteiger partial charge in [-0.05, 0) is 17.7 Å². The van der Waals surface area contributed by atoms with Crippen LogP contribution in [0, 0.1) is 23.3 Å². The molecule has 3 rings (SSSR count). The maximum atomic E-state index is 14.1. The molecule has 0 spiro atoms. The summed E-state index contributed by atoms with van der Waals surface area (Å²) in [6.07, 6.45) is -0.484. The quantitative estimate of drug-likeness (QED) is 0.241. The lowest BCUT2D eigenvalue weighted by Crippen LogP contribution is -2.29. The molecule has 0 aliphatic carbocycles. The SMILES string of the molecule is O=C(O)C(=O)CC(=O)c1cc(Cc2c(F)cc(F)cc2F)cn(Cc2ccccc2F)c1=O. The van der Waals surface area contributed by atoms with Gasteiger partial charge in [0.15, 0.2) is 5.78 Å². The summed E-state index contributed by atoms with van der Waals surface area (Å²) < 4.78 is 56.5. The Morgan fingerprint density at radius 3 is 2.15 bits per heavy atom. The van der Waals surface area contributed by atoms with Gasteiger partial charge in [0.2, 0.25) is 5.78 Å². The summed E-state index contributed by atoms with van der Waals surface area (Å²) in [6.45, 7) is -0.360. The number of aliphatic carboxylic acids is 1. The molecule has 0 bridgehead atoms. The van der Waals surface area contributed by atoms with E-state index in [-0.39, 0.29) is 17.7 Å². The molecule has 10 heteroatoms. The average molecular weight is 461 g/mol. The molecule has 0 fully saturated rings. The van der Waals surface area contributed by atoms with E-state index in [2.05, 4.69) is 0 Å². The van der Waals surface area contributed by atoms with Crippen molar-refractivity contribution in [3.05, 3.63) is 105 Å². The van der Waals surface area contributed by atoms with Crippen molar-refractivity contribution in [2.75, 3.05) is 0 Å². The van der Waals surface area contributed by atoms with Crippen molar-refractivity contribution in [1.29, 1.82) is 0 Å². The van der Waals surface area contributed by atoms with Crippen LogP contribution in [-0.4, -0.2) is 27.2 Å². The average Bonchev–Trinajstić information content (AvgIpc) is 2.74. The number of carboxylic acid groups (broad SMARTS) is 1. The number of halogens is 4. The van der Waals surface area contributed by atoms with E-state index in [9.17, 15) is 36.7 Å². The summed E-state index contributed by atoms with van der Waals surface area (Å²) in [4.78, 5) is 47.5. The number of hydrogen-bond acceptors (Lipinski definition) is 4. The van der Waals surface area contributed by atoms with E-state index >= 15 is 0 Å². The van der Waals surface area contributed by atoms with Gasteiger partial charge in [0.25, 0.3) is 5.56 Å². The number of nitrogens with zero attached hydrogens (tertiary/aromatic N) is 1. The van der Waals surface area contributed by atoms with Gasteiger partial charge in [-0.25, -0.2) is 22.4 Å². The van der Waals surface area contributed by atoms with Crippen molar-refractivity contribution >= 4 is 17.5 Å². The fourth-order valence-corrected chi connectivity index (χ4v) is 3.18. The van der Waals surface area contributed by atoms with E-state index in [0.29, 0.717) is 12.1 Å². The topological polar surface area (TPSA) is 93.4 Å². The second-order valence-corrected chi connectivity index (χ2v) is 7.14. The van der Waals surface area contributed by atoms with Crippen LogP contribution in [0.25, 0.3) is 0 Å². The Balaban J connectivity index is 2.10. The minimum atomic E-state index is -1.87. The van der Waals surface area contributed by atoms with E-state index < -0.39 is 70.3 Å². The molecule has 6 nitrogen and oxygen atoms in total. The van der Waals surface area contributed by atoms with Crippen LogP contribution in [-0.2, 0) is 22.6 Å². The highest BCUT2D eigenvalue weighted by Crippen LogP contribution is 2.20. The van der Waals surface area contributed by atoms with Crippen LogP contribution in [0.4, 0.5) is 17.6 Å². The molecule has 1 aromatic heterocycles. The molecule has 0 amide bonds. The van der Waals surface area contributed by atoms with Gasteiger partial charge in [-0.15, -0.1) is 0 Å². The minimum Gasteiger partial charge on any atom is -0.475 e. The fourth-order valence-electron chi connectivity index (χ4n) is 3.18. The Morgan fingerprint density at radius 1 is 0.909 bits per heavy atom. The zero-order valence-corrected chi connectivity index (χ0v) is 16.8. The summed E-state index contributed by atoms with van der Waals surface area (Å²) >= 11 is 0. The first-order chi connectivity index (χ1) is 15.6. The summed E-state index contributed by atoms with van der Waals surface area (Å²) in [5.74, 6) is -8.65. The van der Waals surface area contributed by atoms with Crippen LogP contribution in [0.15, 0.2) is 53.5 Å². The molecule has 3 aromatic rings. The van der Waals surface area contributed by atoms with Gasteiger partial charge >= 0.3 is 5.97 Å². The van der Waals surface area contributed by atoms with Crippen molar-refractivity contribution in [2.24, 2.45) is 0 Å². The molecule has 0 aliphatic heterocycles. The number of Topliss-reactive ketones (excluding diaryl/α,β-unsaturated/α-hetero) is 2. The Labute approximate surface area is 183 Å². The van der Waals surface area contributed by atoms with E-state index in [4.69, 9.17) is 5.11 Å². The third-order valence-corrected chi connectivity index (χ3v) is 4.79. The Bertz CT molecular complexity index is 1310. The number of benzene rings is 2. The number of carbonyl (C=O) groups is 3. The van der Waals surface area contributed by atoms with Crippen molar-refractivity contribution in [2.45, 2.75) is 19.4 Å². The van der Waals surface area contributed by atoms with E-state index in [0.717, 1.165) is 22.9 Å². The first-order valence-corrected chi connectivity index (χ1v) is 9.46. The number of ketones is 2. The maximum absolute atomic E-state index is 14.1.